The summed E-state index contributed by atoms with van der Waals surface area (Å²) in [6.45, 7) is 8.69. The van der Waals surface area contributed by atoms with Gasteiger partial charge in [-0.15, -0.1) is 0 Å². The second-order valence-corrected chi connectivity index (χ2v) is 5.74. The molecule has 4 nitrogen and oxygen atoms in total. The predicted octanol–water partition coefficient (Wildman–Crippen LogP) is 2.26. The molecule has 1 saturated heterocycles. The molecule has 0 radical (unpaired) electrons. The van der Waals surface area contributed by atoms with Crippen molar-refractivity contribution in [3.05, 3.63) is 35.9 Å². The van der Waals surface area contributed by atoms with E-state index in [1.54, 1.807) is 0 Å². The standard InChI is InChI=1S/C17H23N3O/c1-3-19-8-9-20(11-13(19)2)17-10-14(12-21)15-6-4-5-7-16(15)18-17/h4-7,10,13,21H,3,8-9,11-12H2,1-2H3. The lowest BCUT2D eigenvalue weighted by Crippen LogP contribution is -2.52. The average molecular weight is 285 g/mol. The van der Waals surface area contributed by atoms with E-state index in [1.807, 2.05) is 30.3 Å². The number of aliphatic hydroxyl groups excluding tert-OH is 1. The smallest absolute Gasteiger partial charge is 0.129 e. The second kappa shape index (κ2) is 6.00. The zero-order chi connectivity index (χ0) is 14.8. The van der Waals surface area contributed by atoms with E-state index >= 15 is 0 Å². The lowest BCUT2D eigenvalue weighted by atomic mass is 10.1. The minimum Gasteiger partial charge on any atom is -0.392 e. The first kappa shape index (κ1) is 14.3. The third kappa shape index (κ3) is 2.74. The third-order valence-electron chi connectivity index (χ3n) is 4.45. The van der Waals surface area contributed by atoms with Crippen molar-refractivity contribution < 1.29 is 5.11 Å². The van der Waals surface area contributed by atoms with Crippen LogP contribution in [0, 0.1) is 0 Å². The Morgan fingerprint density at radius 2 is 2.10 bits per heavy atom. The predicted molar refractivity (Wildman–Crippen MR) is 86.6 cm³/mol. The number of hydrogen-bond donors (Lipinski definition) is 1. The van der Waals surface area contributed by atoms with Gasteiger partial charge in [-0.1, -0.05) is 25.1 Å². The Hall–Kier alpha value is -1.65. The van der Waals surface area contributed by atoms with Gasteiger partial charge in [-0.3, -0.25) is 4.90 Å². The van der Waals surface area contributed by atoms with Crippen LogP contribution in [0.25, 0.3) is 10.9 Å². The summed E-state index contributed by atoms with van der Waals surface area (Å²) in [7, 11) is 0. The second-order valence-electron chi connectivity index (χ2n) is 5.74. The first-order valence-electron chi connectivity index (χ1n) is 7.71. The molecule has 1 aliphatic heterocycles. The number of aromatic nitrogens is 1. The summed E-state index contributed by atoms with van der Waals surface area (Å²) < 4.78 is 0. The Balaban J connectivity index is 1.94. The van der Waals surface area contributed by atoms with Gasteiger partial charge in [-0.25, -0.2) is 4.98 Å². The number of likely N-dealkylation sites (N-methyl/N-ethyl adjacent to an activating group) is 1. The van der Waals surface area contributed by atoms with Crippen molar-refractivity contribution in [1.82, 2.24) is 9.88 Å². The van der Waals surface area contributed by atoms with Crippen LogP contribution in [0.3, 0.4) is 0 Å². The van der Waals surface area contributed by atoms with Crippen molar-refractivity contribution in [3.8, 4) is 0 Å². The van der Waals surface area contributed by atoms with Crippen LogP contribution in [-0.4, -0.2) is 47.2 Å². The Morgan fingerprint density at radius 3 is 2.81 bits per heavy atom. The maximum Gasteiger partial charge on any atom is 0.129 e. The topological polar surface area (TPSA) is 39.6 Å². The van der Waals surface area contributed by atoms with Gasteiger partial charge in [0, 0.05) is 31.1 Å². The summed E-state index contributed by atoms with van der Waals surface area (Å²) in [5.74, 6) is 0.986. The Kier molecular flexibility index (Phi) is 4.08. The number of fused-ring (bicyclic) bond motifs is 1. The molecule has 0 spiro atoms. The number of nitrogens with zero attached hydrogens (tertiary/aromatic N) is 3. The summed E-state index contributed by atoms with van der Waals surface area (Å²) in [6.07, 6.45) is 0. The molecule has 0 aliphatic carbocycles. The van der Waals surface area contributed by atoms with Gasteiger partial charge < -0.3 is 10.0 Å². The number of aliphatic hydroxyl groups is 1. The van der Waals surface area contributed by atoms with Gasteiger partial charge in [0.1, 0.15) is 5.82 Å². The van der Waals surface area contributed by atoms with Gasteiger partial charge in [-0.2, -0.15) is 0 Å². The quantitative estimate of drug-likeness (QED) is 0.939. The molecule has 1 aromatic carbocycles. The number of rotatable bonds is 3. The minimum absolute atomic E-state index is 0.0561. The number of para-hydroxylation sites is 1. The number of pyridine rings is 1. The Morgan fingerprint density at radius 1 is 1.29 bits per heavy atom. The van der Waals surface area contributed by atoms with E-state index in [9.17, 15) is 5.11 Å². The van der Waals surface area contributed by atoms with Gasteiger partial charge in [-0.05, 0) is 31.2 Å². The fourth-order valence-corrected chi connectivity index (χ4v) is 3.20. The summed E-state index contributed by atoms with van der Waals surface area (Å²) in [5, 5.41) is 10.7. The normalized spacial score (nSPS) is 20.1. The highest BCUT2D eigenvalue weighted by molar-refractivity contribution is 5.84. The highest BCUT2D eigenvalue weighted by Crippen LogP contribution is 2.24. The molecule has 1 unspecified atom stereocenters. The monoisotopic (exact) mass is 285 g/mol. The van der Waals surface area contributed by atoms with Gasteiger partial charge in [0.25, 0.3) is 0 Å². The van der Waals surface area contributed by atoms with Crippen LogP contribution >= 0.6 is 0 Å². The molecule has 1 aliphatic rings. The molecular formula is C17H23N3O. The summed E-state index contributed by atoms with van der Waals surface area (Å²) in [4.78, 5) is 9.62. The lowest BCUT2D eigenvalue weighted by molar-refractivity contribution is 0.199. The van der Waals surface area contributed by atoms with Crippen LogP contribution in [0.2, 0.25) is 0 Å². The van der Waals surface area contributed by atoms with E-state index in [1.165, 1.54) is 0 Å². The van der Waals surface area contributed by atoms with E-state index in [0.29, 0.717) is 6.04 Å². The fourth-order valence-electron chi connectivity index (χ4n) is 3.20. The SMILES string of the molecule is CCN1CCN(c2cc(CO)c3ccccc3n2)CC1C. The average Bonchev–Trinajstić information content (AvgIpc) is 2.53. The number of anilines is 1. The van der Waals surface area contributed by atoms with Crippen molar-refractivity contribution >= 4 is 16.7 Å². The maximum atomic E-state index is 9.64. The lowest BCUT2D eigenvalue weighted by Gasteiger charge is -2.40. The number of hydrogen-bond acceptors (Lipinski definition) is 4. The largest absolute Gasteiger partial charge is 0.392 e. The van der Waals surface area contributed by atoms with Crippen LogP contribution in [-0.2, 0) is 6.61 Å². The molecule has 1 aromatic heterocycles. The molecule has 0 saturated carbocycles. The van der Waals surface area contributed by atoms with E-state index in [2.05, 4.69) is 23.6 Å². The van der Waals surface area contributed by atoms with Crippen molar-refractivity contribution in [3.63, 3.8) is 0 Å². The van der Waals surface area contributed by atoms with Crippen LogP contribution in [0.1, 0.15) is 19.4 Å². The third-order valence-corrected chi connectivity index (χ3v) is 4.45. The molecule has 1 atom stereocenters. The zero-order valence-corrected chi connectivity index (χ0v) is 12.8. The number of piperazine rings is 1. The molecule has 21 heavy (non-hydrogen) atoms. The fraction of sp³-hybridized carbons (Fsp3) is 0.471. The zero-order valence-electron chi connectivity index (χ0n) is 12.8. The summed E-state index contributed by atoms with van der Waals surface area (Å²) >= 11 is 0. The molecule has 0 amide bonds. The molecule has 2 heterocycles. The van der Waals surface area contributed by atoms with Crippen LogP contribution < -0.4 is 4.90 Å². The minimum atomic E-state index is 0.0561. The molecule has 2 aromatic rings. The molecular weight excluding hydrogens is 262 g/mol. The first-order valence-corrected chi connectivity index (χ1v) is 7.71. The van der Waals surface area contributed by atoms with E-state index in [4.69, 9.17) is 4.98 Å². The highest BCUT2D eigenvalue weighted by atomic mass is 16.3. The molecule has 0 bridgehead atoms. The van der Waals surface area contributed by atoms with Crippen molar-refractivity contribution in [1.29, 1.82) is 0 Å². The van der Waals surface area contributed by atoms with Gasteiger partial charge in [0.05, 0.1) is 12.1 Å². The Labute approximate surface area is 126 Å². The molecule has 1 fully saturated rings. The van der Waals surface area contributed by atoms with Gasteiger partial charge in [0.15, 0.2) is 0 Å². The molecule has 3 rings (SSSR count). The van der Waals surface area contributed by atoms with Crippen molar-refractivity contribution in [2.45, 2.75) is 26.5 Å². The summed E-state index contributed by atoms with van der Waals surface area (Å²) in [6, 6.07) is 10.6. The molecule has 4 heteroatoms. The highest BCUT2D eigenvalue weighted by Gasteiger charge is 2.23. The van der Waals surface area contributed by atoms with Crippen LogP contribution in [0.5, 0.6) is 0 Å². The van der Waals surface area contributed by atoms with Crippen LogP contribution in [0.15, 0.2) is 30.3 Å². The molecule has 1 N–H and O–H groups in total. The Bertz CT molecular complexity index is 628. The van der Waals surface area contributed by atoms with E-state index in [0.717, 1.165) is 48.5 Å². The van der Waals surface area contributed by atoms with E-state index in [-0.39, 0.29) is 6.61 Å². The van der Waals surface area contributed by atoms with Crippen LogP contribution in [0.4, 0.5) is 5.82 Å². The van der Waals surface area contributed by atoms with Gasteiger partial charge >= 0.3 is 0 Å². The van der Waals surface area contributed by atoms with Gasteiger partial charge in [0.2, 0.25) is 0 Å². The first-order chi connectivity index (χ1) is 10.2. The number of benzene rings is 1. The van der Waals surface area contributed by atoms with Crippen molar-refractivity contribution in [2.24, 2.45) is 0 Å². The van der Waals surface area contributed by atoms with Crippen molar-refractivity contribution in [2.75, 3.05) is 31.1 Å². The maximum absolute atomic E-state index is 9.64. The van der Waals surface area contributed by atoms with E-state index < -0.39 is 0 Å². The summed E-state index contributed by atoms with van der Waals surface area (Å²) in [5.41, 5.74) is 1.92. The molecule has 112 valence electrons.